The van der Waals surface area contributed by atoms with Gasteiger partial charge >= 0.3 is 47.8 Å². The van der Waals surface area contributed by atoms with Crippen molar-refractivity contribution < 1.29 is 129 Å². The quantitative estimate of drug-likeness (QED) is 0.00316. The van der Waals surface area contributed by atoms with Gasteiger partial charge in [0.25, 0.3) is 17.1 Å². The van der Waals surface area contributed by atoms with Crippen LogP contribution in [-0.4, -0.2) is 211 Å². The van der Waals surface area contributed by atoms with Crippen LogP contribution in [0.2, 0.25) is 0 Å². The number of halogens is 3. The van der Waals surface area contributed by atoms with Gasteiger partial charge in [0.05, 0.1) is 119 Å². The smallest absolute Gasteiger partial charge is 0.328 e. The van der Waals surface area contributed by atoms with Gasteiger partial charge in [0.2, 0.25) is 47.3 Å². The number of hydrogen-bond donors (Lipinski definition) is 8. The van der Waals surface area contributed by atoms with Crippen molar-refractivity contribution in [3.05, 3.63) is 320 Å². The first-order valence-corrected chi connectivity index (χ1v) is 49.7. The van der Waals surface area contributed by atoms with E-state index in [1.807, 2.05) is 127 Å². The van der Waals surface area contributed by atoms with E-state index < -0.39 is 86.9 Å². The summed E-state index contributed by atoms with van der Waals surface area (Å²) in [5, 5.41) is 56.3. The number of carbonyl (C=O) groups excluding carboxylic acids is 16. The van der Waals surface area contributed by atoms with E-state index in [0.29, 0.717) is 139 Å². The molecule has 0 radical (unpaired) electrons. The number of hydrogen-bond acceptors (Lipinski definition) is 31. The highest BCUT2D eigenvalue weighted by Gasteiger charge is 2.36. The number of nitrogens with zero attached hydrogens (tertiary/aromatic N) is 6. The molecule has 9 aromatic rings. The summed E-state index contributed by atoms with van der Waals surface area (Å²) in [5.74, 6) is -4.95. The van der Waals surface area contributed by atoms with Crippen LogP contribution in [0.5, 0.6) is 0 Å². The number of nitro benzene ring substituents is 3. The van der Waals surface area contributed by atoms with Gasteiger partial charge in [0.1, 0.15) is 48.3 Å². The van der Waals surface area contributed by atoms with E-state index in [0.717, 1.165) is 49.7 Å². The Bertz CT molecular complexity index is 6280. The average Bonchev–Trinajstić information content (AvgIpc) is 1.83. The zero-order chi connectivity index (χ0) is 107. The van der Waals surface area contributed by atoms with Gasteiger partial charge in [-0.3, -0.25) is 68.7 Å². The first kappa shape index (κ1) is 115. The highest BCUT2D eigenvalue weighted by Crippen LogP contribution is 2.25. The predicted molar refractivity (Wildman–Crippen MR) is 554 cm³/mol. The van der Waals surface area contributed by atoms with Crippen molar-refractivity contribution in [1.29, 1.82) is 0 Å². The largest absolute Gasteiger partial charge is 0.464 e. The molecule has 149 heavy (non-hydrogen) atoms. The molecule has 8 heterocycles. The number of nitrogens with one attached hydrogen (secondary N) is 8. The molecule has 8 N–H and O–H groups in total. The zero-order valence-electron chi connectivity index (χ0n) is 79.5. The molecular weight excluding hydrogens is 2280 g/mol. The van der Waals surface area contributed by atoms with Crippen LogP contribution in [0.15, 0.2) is 230 Å². The van der Waals surface area contributed by atoms with Gasteiger partial charge in [-0.2, -0.15) is 0 Å². The SMILES string of the molecule is O=C(Cc1ccc(-c2ccccc2)cc1)N[C@@H]1CCOC1=O.O=C(Cc1ccc(I)cc1)N[C@@H]1CCOC1=O.O=C(Cc1ccc([N+](=O)[O-])cc1)N[C@@H]1CCOC1=O.O=C(Cc1cccc(I)c1)N[C@@H]1CCOC1=O.O=C(Cc1cccc([N+](=O)[O-])c1)N[C@@H]1CCOC1=O.O=C(Cc1ccccc1I)N[C@@H]1CCOC1=O.O=C(Cc1ccccc1[N+](=O)[O-])N[C@@H]1CCOC1=O.[N-]=[N+]=Nc1ccc(CC(=O)N[C@@H]2CCOC2=O)cc1. The lowest BCUT2D eigenvalue weighted by molar-refractivity contribution is -0.385. The fraction of sp³-hybridized carbons (Fsp3) is 0.314. The van der Waals surface area contributed by atoms with Crippen molar-refractivity contribution in [1.82, 2.24) is 42.5 Å². The van der Waals surface area contributed by atoms with Crippen LogP contribution in [0.4, 0.5) is 22.7 Å². The number of esters is 8. The van der Waals surface area contributed by atoms with Crippen molar-refractivity contribution in [2.75, 3.05) is 52.9 Å². The summed E-state index contributed by atoms with van der Waals surface area (Å²) >= 11 is 6.60. The maximum absolute atomic E-state index is 12.0. The van der Waals surface area contributed by atoms with Gasteiger partial charge < -0.3 is 80.4 Å². The number of benzene rings is 9. The molecule has 47 heteroatoms. The number of non-ortho nitro benzene ring substituents is 2. The molecule has 0 aliphatic carbocycles. The Morgan fingerprint density at radius 2 is 0.570 bits per heavy atom. The third-order valence-electron chi connectivity index (χ3n) is 22.4. The van der Waals surface area contributed by atoms with Gasteiger partial charge in [0, 0.05) is 109 Å². The zero-order valence-corrected chi connectivity index (χ0v) is 86.0. The highest BCUT2D eigenvalue weighted by atomic mass is 127. The summed E-state index contributed by atoms with van der Waals surface area (Å²) in [4.78, 5) is 217. The molecule has 44 nitrogen and oxygen atoms in total. The van der Waals surface area contributed by atoms with E-state index in [9.17, 15) is 107 Å². The predicted octanol–water partition coefficient (Wildman–Crippen LogP) is 9.43. The number of cyclic esters (lactones) is 8. The Hall–Kier alpha value is -15.8. The van der Waals surface area contributed by atoms with E-state index >= 15 is 0 Å². The van der Waals surface area contributed by atoms with Crippen molar-refractivity contribution in [3.8, 4) is 11.1 Å². The van der Waals surface area contributed by atoms with Crippen molar-refractivity contribution in [2.45, 2.75) is 151 Å². The number of nitro groups is 3. The maximum atomic E-state index is 12.0. The second-order valence-electron chi connectivity index (χ2n) is 33.5. The van der Waals surface area contributed by atoms with Crippen LogP contribution in [0.3, 0.4) is 0 Å². The number of ether oxygens (including phenoxy) is 8. The van der Waals surface area contributed by atoms with Crippen LogP contribution < -0.4 is 42.5 Å². The molecule has 0 unspecified atom stereocenters. The number of azide groups is 1. The van der Waals surface area contributed by atoms with E-state index in [1.165, 1.54) is 60.7 Å². The standard InChI is InChI=1S/C18H17NO3.3C12H12INO3.C12H12N4O3.3C12H12N2O5/c20-17(19-16-10-11-22-18(16)21)12-13-6-8-15(9-7-13)14-4-2-1-3-5-14;13-9-3-1-8(2-4-9)7-11(15)14-10-5-6-17-12(10)16;13-9-3-1-2-8(6-9)7-11(15)14-10-4-5-17-12(10)16;13-9-4-2-1-3-8(9)7-11(15)14-10-5-6-17-12(10)16;13-16-15-9-3-1-8(2-4-9)7-11(17)14-10-5-6-19-12(10)18;15-11(13-10-5-6-19-12(10)16)7-8-1-3-9(4-2-8)14(17)18;15-11(13-10-4-5-19-12(10)16)7-8-2-1-3-9(6-8)14(17)18;15-11(13-9-5-6-19-12(9)16)7-8-3-1-2-4-10(8)14(17)18/h1-9,16H,10-12H2,(H,19,20);1-4,10H,5-7H2,(H,14,15);1-3,6,10H,4-5,7H2,(H,14,15);1-4,10H,5-7H2,(H,14,15);1-4,10H,5-7H2,(H,14,17);1-4,10H,5-7H2,(H,13,15);1-3,6,10H,4-5,7H2,(H,13,15);1-4,9H,5-7H2,(H,13,15)/t16-;6*10-;9-/m11111111/s1. The molecule has 17 rings (SSSR count). The maximum Gasteiger partial charge on any atom is 0.328 e. The summed E-state index contributed by atoms with van der Waals surface area (Å²) in [6.07, 6.45) is 5.37. The Morgan fingerprint density at radius 1 is 0.289 bits per heavy atom. The number of amides is 8. The van der Waals surface area contributed by atoms with Crippen LogP contribution in [0.1, 0.15) is 95.9 Å². The van der Waals surface area contributed by atoms with E-state index in [4.69, 9.17) is 43.4 Å². The van der Waals surface area contributed by atoms with E-state index in [-0.39, 0.29) is 127 Å². The third kappa shape index (κ3) is 39.8. The Kier molecular flexibility index (Phi) is 46.1. The van der Waals surface area contributed by atoms with E-state index in [2.05, 4.69) is 120 Å². The number of carbonyl (C=O) groups is 16. The minimum Gasteiger partial charge on any atom is -0.464 e. The van der Waals surface area contributed by atoms with Gasteiger partial charge in [-0.15, -0.1) is 0 Å². The van der Waals surface area contributed by atoms with Gasteiger partial charge in [-0.1, -0.05) is 169 Å². The van der Waals surface area contributed by atoms with Gasteiger partial charge in [-0.25, -0.2) is 38.4 Å². The molecule has 8 amide bonds. The molecule has 8 aliphatic rings. The molecule has 0 aromatic heterocycles. The second-order valence-corrected chi connectivity index (χ2v) is 37.2. The summed E-state index contributed by atoms with van der Waals surface area (Å²) in [5.41, 5.74) is 16.9. The second kappa shape index (κ2) is 59.7. The third-order valence-corrected chi connectivity index (χ3v) is 24.9. The summed E-state index contributed by atoms with van der Waals surface area (Å²) in [6.45, 7) is 2.84. The molecular formula is C102H101I3N14O30. The molecule has 8 fully saturated rings. The molecule has 0 bridgehead atoms. The van der Waals surface area contributed by atoms with Gasteiger partial charge in [0.15, 0.2) is 0 Å². The van der Waals surface area contributed by atoms with Crippen LogP contribution in [-0.2, 0) is 166 Å². The fourth-order valence-electron chi connectivity index (χ4n) is 14.9. The van der Waals surface area contributed by atoms with Crippen LogP contribution in [0, 0.1) is 41.1 Å². The minimum absolute atomic E-state index is 0.00847. The molecule has 8 saturated heterocycles. The highest BCUT2D eigenvalue weighted by molar-refractivity contribution is 14.1. The molecule has 9 aromatic carbocycles. The molecule has 0 saturated carbocycles. The lowest BCUT2D eigenvalue weighted by Gasteiger charge is -2.09. The first-order valence-electron chi connectivity index (χ1n) is 46.5. The monoisotopic (exact) mass is 2380 g/mol. The van der Waals surface area contributed by atoms with Crippen molar-refractivity contribution in [2.24, 2.45) is 5.11 Å². The average molecular weight is 2380 g/mol. The first-order chi connectivity index (χ1) is 71.6. The summed E-state index contributed by atoms with van der Waals surface area (Å²) < 4.78 is 41.4. The van der Waals surface area contributed by atoms with Crippen molar-refractivity contribution >= 4 is 186 Å². The van der Waals surface area contributed by atoms with Crippen LogP contribution >= 0.6 is 67.8 Å². The van der Waals surface area contributed by atoms with Gasteiger partial charge in [-0.05, 0) is 154 Å². The topological polar surface area (TPSA) is 621 Å². The molecule has 8 atom stereocenters. The molecule has 0 spiro atoms. The Labute approximate surface area is 891 Å². The molecule has 8 aliphatic heterocycles. The fourth-order valence-corrected chi connectivity index (χ4v) is 16.4. The van der Waals surface area contributed by atoms with E-state index in [1.54, 1.807) is 36.4 Å². The summed E-state index contributed by atoms with van der Waals surface area (Å²) in [7, 11) is 0. The lowest BCUT2D eigenvalue weighted by atomic mass is 10.0. The minimum atomic E-state index is -0.643. The Balaban J connectivity index is 0.000000174. The number of para-hydroxylation sites is 1. The number of rotatable bonds is 29. The lowest BCUT2D eigenvalue weighted by Crippen LogP contribution is -2.38. The van der Waals surface area contributed by atoms with Crippen molar-refractivity contribution in [3.63, 3.8) is 0 Å². The van der Waals surface area contributed by atoms with Crippen LogP contribution in [0.25, 0.3) is 21.6 Å². The summed E-state index contributed by atoms with van der Waals surface area (Å²) in [6, 6.07) is 61.1. The normalized spacial score (nSPS) is 18.1. The Morgan fingerprint density at radius 3 is 0.893 bits per heavy atom. The molecule has 780 valence electrons.